The number of guanidine groups is 1. The lowest BCUT2D eigenvalue weighted by atomic mass is 10.2. The van der Waals surface area contributed by atoms with Crippen LogP contribution in [-0.4, -0.2) is 26.7 Å². The molecule has 0 atom stereocenters. The van der Waals surface area contributed by atoms with Crippen molar-refractivity contribution >= 4 is 35.6 Å². The molecule has 0 fully saturated rings. The first-order chi connectivity index (χ1) is 8.71. The number of halogens is 1. The fourth-order valence-electron chi connectivity index (χ4n) is 1.45. The summed E-state index contributed by atoms with van der Waals surface area (Å²) in [5.74, 6) is 1.82. The van der Waals surface area contributed by atoms with Crippen molar-refractivity contribution < 1.29 is 9.47 Å². The summed E-state index contributed by atoms with van der Waals surface area (Å²) in [5, 5.41) is 3.02. The summed E-state index contributed by atoms with van der Waals surface area (Å²) in [4.78, 5) is 4.23. The molecule has 0 spiro atoms. The number of hydrogen-bond acceptors (Lipinski definition) is 3. The van der Waals surface area contributed by atoms with Gasteiger partial charge in [-0.2, -0.15) is 0 Å². The van der Waals surface area contributed by atoms with E-state index in [2.05, 4.69) is 17.2 Å². The van der Waals surface area contributed by atoms with Crippen molar-refractivity contribution in [2.75, 3.05) is 26.1 Å². The van der Waals surface area contributed by atoms with Crippen LogP contribution in [0.5, 0.6) is 11.5 Å². The molecule has 1 rings (SSSR count). The average molecular weight is 379 g/mol. The second-order valence-corrected chi connectivity index (χ2v) is 3.81. The van der Waals surface area contributed by atoms with Gasteiger partial charge in [-0.1, -0.05) is 13.3 Å². The lowest BCUT2D eigenvalue weighted by Gasteiger charge is -2.12. The predicted octanol–water partition coefficient (Wildman–Crippen LogP) is 2.85. The monoisotopic (exact) mass is 379 g/mol. The Kier molecular flexibility index (Phi) is 9.11. The summed E-state index contributed by atoms with van der Waals surface area (Å²) < 4.78 is 10.4. The predicted molar refractivity (Wildman–Crippen MR) is 90.0 cm³/mol. The number of methoxy groups -OCH3 is 2. The van der Waals surface area contributed by atoms with Crippen LogP contribution in [0.4, 0.5) is 5.69 Å². The van der Waals surface area contributed by atoms with Crippen LogP contribution in [0.25, 0.3) is 0 Å². The van der Waals surface area contributed by atoms with E-state index in [0.717, 1.165) is 30.8 Å². The van der Waals surface area contributed by atoms with Crippen LogP contribution in [0.2, 0.25) is 0 Å². The zero-order valence-corrected chi connectivity index (χ0v) is 13.9. The van der Waals surface area contributed by atoms with Crippen LogP contribution in [0, 0.1) is 0 Å². The maximum Gasteiger partial charge on any atom is 0.193 e. The van der Waals surface area contributed by atoms with Crippen molar-refractivity contribution in [2.24, 2.45) is 10.7 Å². The van der Waals surface area contributed by atoms with Crippen LogP contribution in [0.1, 0.15) is 19.8 Å². The topological polar surface area (TPSA) is 68.9 Å². The van der Waals surface area contributed by atoms with E-state index >= 15 is 0 Å². The van der Waals surface area contributed by atoms with E-state index < -0.39 is 0 Å². The number of anilines is 1. The molecule has 0 amide bonds. The molecule has 1 aromatic carbocycles. The molecule has 19 heavy (non-hydrogen) atoms. The number of ether oxygens (including phenoxy) is 2. The van der Waals surface area contributed by atoms with Gasteiger partial charge in [0.15, 0.2) is 5.96 Å². The zero-order valence-electron chi connectivity index (χ0n) is 11.6. The van der Waals surface area contributed by atoms with Crippen molar-refractivity contribution in [3.05, 3.63) is 18.2 Å². The minimum Gasteiger partial charge on any atom is -0.497 e. The van der Waals surface area contributed by atoms with E-state index in [1.54, 1.807) is 14.2 Å². The minimum atomic E-state index is 0. The number of nitrogens with two attached hydrogens (primary N) is 1. The molecule has 0 aliphatic rings. The number of hydrogen-bond donors (Lipinski definition) is 2. The van der Waals surface area contributed by atoms with Gasteiger partial charge >= 0.3 is 0 Å². The molecule has 0 bridgehead atoms. The highest BCUT2D eigenvalue weighted by molar-refractivity contribution is 14.0. The van der Waals surface area contributed by atoms with Crippen LogP contribution < -0.4 is 20.5 Å². The summed E-state index contributed by atoms with van der Waals surface area (Å²) in [6, 6.07) is 5.47. The maximum atomic E-state index is 5.80. The highest BCUT2D eigenvalue weighted by atomic mass is 127. The molecular formula is C13H22IN3O2. The van der Waals surface area contributed by atoms with E-state index in [1.807, 2.05) is 18.2 Å². The highest BCUT2D eigenvalue weighted by Crippen LogP contribution is 2.28. The SMILES string of the molecule is CCCCN=C(N)Nc1cc(OC)ccc1OC.I. The Hall–Kier alpha value is -1.18. The van der Waals surface area contributed by atoms with Gasteiger partial charge in [-0.05, 0) is 18.6 Å². The second-order valence-electron chi connectivity index (χ2n) is 3.81. The summed E-state index contributed by atoms with van der Waals surface area (Å²) in [6.07, 6.45) is 2.12. The lowest BCUT2D eigenvalue weighted by Crippen LogP contribution is -2.23. The third-order valence-electron chi connectivity index (χ3n) is 2.46. The van der Waals surface area contributed by atoms with E-state index in [4.69, 9.17) is 15.2 Å². The van der Waals surface area contributed by atoms with Crippen LogP contribution in [-0.2, 0) is 0 Å². The molecule has 5 nitrogen and oxygen atoms in total. The Morgan fingerprint density at radius 1 is 1.32 bits per heavy atom. The molecular weight excluding hydrogens is 357 g/mol. The van der Waals surface area contributed by atoms with Gasteiger partial charge < -0.3 is 20.5 Å². The molecule has 0 aliphatic carbocycles. The molecule has 6 heteroatoms. The molecule has 1 aromatic rings. The van der Waals surface area contributed by atoms with E-state index in [-0.39, 0.29) is 24.0 Å². The van der Waals surface area contributed by atoms with E-state index in [9.17, 15) is 0 Å². The van der Waals surface area contributed by atoms with Crippen molar-refractivity contribution in [1.29, 1.82) is 0 Å². The second kappa shape index (κ2) is 9.71. The summed E-state index contributed by atoms with van der Waals surface area (Å²) in [7, 11) is 3.22. The Bertz CT molecular complexity index is 411. The fraction of sp³-hybridized carbons (Fsp3) is 0.462. The molecule has 0 radical (unpaired) electrons. The number of benzene rings is 1. The van der Waals surface area contributed by atoms with E-state index in [0.29, 0.717) is 11.7 Å². The zero-order chi connectivity index (χ0) is 13.4. The number of aliphatic imine (C=N–C) groups is 1. The summed E-state index contributed by atoms with van der Waals surface area (Å²) in [5.41, 5.74) is 6.55. The standard InChI is InChI=1S/C13H21N3O2.HI/c1-4-5-8-15-13(14)16-11-9-10(17-2)6-7-12(11)18-3;/h6-7,9H,4-5,8H2,1-3H3,(H3,14,15,16);1H. The normalized spacial score (nSPS) is 10.6. The minimum absolute atomic E-state index is 0. The molecule has 0 saturated heterocycles. The van der Waals surface area contributed by atoms with Gasteiger partial charge in [-0.3, -0.25) is 4.99 Å². The van der Waals surface area contributed by atoms with Crippen molar-refractivity contribution in [2.45, 2.75) is 19.8 Å². The van der Waals surface area contributed by atoms with Gasteiger partial charge in [0.2, 0.25) is 0 Å². The van der Waals surface area contributed by atoms with Crippen molar-refractivity contribution in [3.8, 4) is 11.5 Å². The van der Waals surface area contributed by atoms with Crippen LogP contribution >= 0.6 is 24.0 Å². The molecule has 0 heterocycles. The molecule has 0 aliphatic heterocycles. The average Bonchev–Trinajstić information content (AvgIpc) is 2.39. The van der Waals surface area contributed by atoms with Crippen molar-refractivity contribution in [1.82, 2.24) is 0 Å². The number of nitrogens with zero attached hydrogens (tertiary/aromatic N) is 1. The van der Waals surface area contributed by atoms with Gasteiger partial charge in [-0.25, -0.2) is 0 Å². The van der Waals surface area contributed by atoms with Crippen molar-refractivity contribution in [3.63, 3.8) is 0 Å². The Labute approximate surface area is 131 Å². The molecule has 108 valence electrons. The number of rotatable bonds is 6. The van der Waals surface area contributed by atoms with Gasteiger partial charge in [-0.15, -0.1) is 24.0 Å². The van der Waals surface area contributed by atoms with Crippen LogP contribution in [0.3, 0.4) is 0 Å². The lowest BCUT2D eigenvalue weighted by molar-refractivity contribution is 0.405. The fourth-order valence-corrected chi connectivity index (χ4v) is 1.45. The molecule has 0 aromatic heterocycles. The first-order valence-corrected chi connectivity index (χ1v) is 6.00. The van der Waals surface area contributed by atoms with E-state index in [1.165, 1.54) is 0 Å². The molecule has 3 N–H and O–H groups in total. The van der Waals surface area contributed by atoms with Gasteiger partial charge in [0.05, 0.1) is 19.9 Å². The molecule has 0 saturated carbocycles. The quantitative estimate of drug-likeness (QED) is 0.345. The maximum absolute atomic E-state index is 5.80. The number of nitrogens with one attached hydrogen (secondary N) is 1. The molecule has 0 unspecified atom stereocenters. The first-order valence-electron chi connectivity index (χ1n) is 6.00. The largest absolute Gasteiger partial charge is 0.497 e. The highest BCUT2D eigenvalue weighted by Gasteiger charge is 2.05. The third-order valence-corrected chi connectivity index (χ3v) is 2.46. The Morgan fingerprint density at radius 2 is 2.05 bits per heavy atom. The Balaban J connectivity index is 0.00000324. The van der Waals surface area contributed by atoms with Gasteiger partial charge in [0.1, 0.15) is 11.5 Å². The first kappa shape index (κ1) is 17.8. The number of unbranched alkanes of at least 4 members (excludes halogenated alkanes) is 1. The van der Waals surface area contributed by atoms with Gasteiger partial charge in [0.25, 0.3) is 0 Å². The third kappa shape index (κ3) is 6.00. The summed E-state index contributed by atoms with van der Waals surface area (Å²) >= 11 is 0. The smallest absolute Gasteiger partial charge is 0.193 e. The van der Waals surface area contributed by atoms with Gasteiger partial charge in [0, 0.05) is 12.6 Å². The summed E-state index contributed by atoms with van der Waals surface area (Å²) in [6.45, 7) is 2.84. The van der Waals surface area contributed by atoms with Crippen LogP contribution in [0.15, 0.2) is 23.2 Å². The Morgan fingerprint density at radius 3 is 2.63 bits per heavy atom.